The van der Waals surface area contributed by atoms with Gasteiger partial charge < -0.3 is 80.1 Å². The number of para-hydroxylation sites is 3. The Morgan fingerprint density at radius 1 is 0.362 bits per heavy atom. The first-order valence-electron chi connectivity index (χ1n) is 44.8. The van der Waals surface area contributed by atoms with Crippen LogP contribution in [0.1, 0.15) is 83.5 Å². The zero-order chi connectivity index (χ0) is 90.3. The van der Waals surface area contributed by atoms with Gasteiger partial charge in [0.05, 0.1) is 86.0 Å². The summed E-state index contributed by atoms with van der Waals surface area (Å²) in [5.41, 5.74) is 28.6. The topological polar surface area (TPSA) is 95.7 Å². The summed E-state index contributed by atoms with van der Waals surface area (Å²) in [6.45, 7) is 18.0. The van der Waals surface area contributed by atoms with Crippen LogP contribution in [0.15, 0.2) is 322 Å². The quantitative estimate of drug-likeness (QED) is 0.0398. The minimum absolute atomic E-state index is 0. The fourth-order valence-electron chi connectivity index (χ4n) is 19.1. The Morgan fingerprint density at radius 3 is 1.14 bits per heavy atom. The minimum Gasteiger partial charge on any atom is -1.00 e. The van der Waals surface area contributed by atoms with Crippen LogP contribution >= 0.6 is 9.69 Å². The van der Waals surface area contributed by atoms with Gasteiger partial charge in [0.1, 0.15) is 0 Å². The second kappa shape index (κ2) is 46.7. The van der Waals surface area contributed by atoms with Gasteiger partial charge in [0.15, 0.2) is 0 Å². The summed E-state index contributed by atoms with van der Waals surface area (Å²) in [4.78, 5) is 24.1. The largest absolute Gasteiger partial charge is 2.00 e. The number of imidazole rings is 5. The van der Waals surface area contributed by atoms with E-state index in [1.807, 2.05) is 73.1 Å². The van der Waals surface area contributed by atoms with Crippen LogP contribution in [0.3, 0.4) is 0 Å². The van der Waals surface area contributed by atoms with E-state index < -0.39 is 0 Å². The molecule has 0 fully saturated rings. The number of quaternary nitrogens is 1. The first kappa shape index (κ1) is 107. The molecule has 664 valence electrons. The summed E-state index contributed by atoms with van der Waals surface area (Å²) in [5, 5.41) is 17.6. The van der Waals surface area contributed by atoms with Crippen molar-refractivity contribution in [3.8, 4) is 28.4 Å². The molecule has 24 aromatic rings. The number of aryl methyl sites for hydroxylation is 4. The van der Waals surface area contributed by atoms with E-state index in [0.717, 1.165) is 127 Å². The van der Waals surface area contributed by atoms with Gasteiger partial charge in [-0.05, 0) is 166 Å². The van der Waals surface area contributed by atoms with Crippen molar-refractivity contribution in [3.05, 3.63) is 408 Å². The first-order valence-corrected chi connectivity index (χ1v) is 48.7. The maximum absolute atomic E-state index is 5.25. The Balaban J connectivity index is 0.000000154. The molecule has 138 heavy (non-hydrogen) atoms. The van der Waals surface area contributed by atoms with Crippen LogP contribution in [-0.4, -0.2) is 144 Å². The number of ether oxygens (including phenoxy) is 1. The Kier molecular flexibility index (Phi) is 36.3. The molecular formula is C117H99BrCl2ILiMg3N11OZn+. The second-order valence-electron chi connectivity index (χ2n) is 35.7. The molecule has 0 N–H and O–H groups in total. The van der Waals surface area contributed by atoms with Crippen molar-refractivity contribution in [1.29, 1.82) is 0 Å². The summed E-state index contributed by atoms with van der Waals surface area (Å²) >= 11 is 0.847. The molecule has 12 nitrogen and oxygen atoms in total. The van der Waals surface area contributed by atoms with E-state index in [1.165, 1.54) is 137 Å². The third kappa shape index (κ3) is 21.2. The summed E-state index contributed by atoms with van der Waals surface area (Å²) in [6.07, 6.45) is 14.2. The first-order chi connectivity index (χ1) is 63.9. The van der Waals surface area contributed by atoms with Crippen LogP contribution in [0.4, 0.5) is 5.82 Å². The maximum atomic E-state index is 5.25. The van der Waals surface area contributed by atoms with Gasteiger partial charge in [-0.25, -0.2) is 9.97 Å². The molecule has 10 aromatic heterocycles. The van der Waals surface area contributed by atoms with E-state index in [-0.39, 0.29) is 141 Å². The molecule has 0 amide bonds. The average molecular weight is 2100 g/mol. The number of pyridine rings is 5. The van der Waals surface area contributed by atoms with E-state index in [2.05, 4.69) is 383 Å². The molecule has 0 bridgehead atoms. The Hall–Kier alpha value is -9.80. The van der Waals surface area contributed by atoms with E-state index in [0.29, 0.717) is 22.2 Å². The Labute approximate surface area is 914 Å². The van der Waals surface area contributed by atoms with Crippen LogP contribution in [0, 0.1) is 69.9 Å². The van der Waals surface area contributed by atoms with Gasteiger partial charge in [-0.15, -0.1) is 143 Å². The zero-order valence-electron chi connectivity index (χ0n) is 80.3. The number of aromatic nitrogens is 10. The number of benzene rings is 14. The summed E-state index contributed by atoms with van der Waals surface area (Å²) < 4.78 is 17.1. The van der Waals surface area contributed by atoms with Crippen LogP contribution < -0.4 is 81.4 Å². The van der Waals surface area contributed by atoms with E-state index in [9.17, 15) is 0 Å². The monoisotopic (exact) mass is 2090 g/mol. The van der Waals surface area contributed by atoms with Crippen molar-refractivity contribution < 1.29 is 94.3 Å². The van der Waals surface area contributed by atoms with Gasteiger partial charge in [0, 0.05) is 63.7 Å². The van der Waals surface area contributed by atoms with Crippen LogP contribution in [-0.2, 0) is 43.0 Å². The third-order valence-corrected chi connectivity index (χ3v) is 25.0. The fraction of sp³-hybridized carbons (Fsp3) is 0.154. The normalized spacial score (nSPS) is 11.1. The van der Waals surface area contributed by atoms with E-state index in [1.54, 1.807) is 7.11 Å². The fourth-order valence-corrected chi connectivity index (χ4v) is 19.1. The maximum Gasteiger partial charge on any atom is 2.00 e. The van der Waals surface area contributed by atoms with Crippen molar-refractivity contribution >= 4 is 221 Å². The molecule has 21 heteroatoms. The van der Waals surface area contributed by atoms with Crippen molar-refractivity contribution in [2.24, 2.45) is 11.8 Å². The predicted octanol–water partition coefficient (Wildman–Crippen LogP) is 15.1. The molecule has 0 aliphatic rings. The van der Waals surface area contributed by atoms with Gasteiger partial charge in [-0.3, -0.25) is 19.4 Å². The van der Waals surface area contributed by atoms with Crippen molar-refractivity contribution in [2.75, 3.05) is 28.3 Å². The summed E-state index contributed by atoms with van der Waals surface area (Å²) in [5.74, 6) is 2.90. The molecule has 0 aliphatic heterocycles. The number of hydrogen-bond donors (Lipinski definition) is 0. The molecule has 0 atom stereocenters. The predicted molar refractivity (Wildman–Crippen MR) is 560 cm³/mol. The molecule has 14 aromatic carbocycles. The Morgan fingerprint density at radius 2 is 0.717 bits per heavy atom. The van der Waals surface area contributed by atoms with Crippen LogP contribution in [0.25, 0.3) is 159 Å². The SMILES string of the molecule is COc1cn2c3ccccc3c3ccc[c-]c3c2n1.C[N+](C)(C)c1cn2c3ccccc3c3ccc[c-]c3c2n1.Cc1cccc(C)c1-c1cnc2c3[c-]cccc3c3cc(CC(C)C)c(CC(C)C)cc3n12.Cc1cccc(C)c1-c1cnc2c3[c-]cccc3c3cc(Cc4ccccc4)ccc3n12.[Br-].[Cl-].[Cl][Zn+].[I-].[Li+].[Mg+2].[Mg+2].[Mg+2].[c-]1cccc2c1c1nc(Cc3ccccc3)cn1c1ccccc21. The molecule has 0 aliphatic carbocycles. The van der Waals surface area contributed by atoms with Gasteiger partial charge in [0.25, 0.3) is 0 Å². The van der Waals surface area contributed by atoms with Crippen LogP contribution in [0.2, 0.25) is 0 Å². The molecule has 0 spiro atoms. The Bertz CT molecular complexity index is 8220. The van der Waals surface area contributed by atoms with Gasteiger partial charge in [-0.2, -0.15) is 0 Å². The molecule has 10 heterocycles. The van der Waals surface area contributed by atoms with E-state index in [4.69, 9.17) is 34.4 Å². The third-order valence-electron chi connectivity index (χ3n) is 25.0. The number of fused-ring (bicyclic) bond motifs is 30. The van der Waals surface area contributed by atoms with Gasteiger partial charge in [-0.1, -0.05) is 230 Å². The van der Waals surface area contributed by atoms with Crippen molar-refractivity contribution in [2.45, 2.75) is 81.1 Å². The molecule has 0 saturated heterocycles. The number of nitrogens with zero attached hydrogens (tertiary/aromatic N) is 11. The summed E-state index contributed by atoms with van der Waals surface area (Å²) in [7, 11) is 12.8. The van der Waals surface area contributed by atoms with Crippen LogP contribution in [0.5, 0.6) is 5.88 Å². The second-order valence-corrected chi connectivity index (χ2v) is 35.7. The molecule has 0 unspecified atom stereocenters. The molecule has 0 saturated carbocycles. The standard InChI is InChI=1S/C31H33N2.C30H23N2.C22H15N2.C18H17N3.C16H11N2O.BrH.2ClH.HI.Li.3Mg.Zn/c1-19(2)14-23-16-27-25-12-7-8-13-26(25)31-32-18-29(30-21(5)10-9-11-22(30)6)33(31)28(27)17-24(23)15-20(3)4;1-20-9-8-10-21(2)29(20)28-19-31-30-25-14-7-6-13-24(25)26-18-23(15-16-27(26)32(28)30)17-22-11-4-3-5-12-22;1-2-8-16(9-3-1)14-17-15-24-21-13-7-6-11-19(21)18-10-4-5-12-20(18)22(24)23-17;1-21(2,3)17-12-20-16-11-7-6-9-14(16)13-8-4-5-10-15(13)18(20)19-17;1-19-15-10-18-14-9-5-4-7-12(14)11-6-2-3-8-13(11)16(18)17-15;;;;;;;;;/h7-12,16-20H,14-15H2,1-6H3;3-13,15-16,18-19H,17H2,1-2H3;1-11,13,15H,14H2;4-9,11-12H,1-3H3;2-7,9-10H,1H3;4*1H;;;;;/q3*-1;;-1;;;;;+1;4*+2/p-4. The number of methoxy groups -OCH3 is 1. The van der Waals surface area contributed by atoms with E-state index >= 15 is 0 Å². The van der Waals surface area contributed by atoms with Gasteiger partial charge >= 0.3 is 115 Å². The average Bonchev–Trinajstić information content (AvgIpc) is 1.17. The van der Waals surface area contributed by atoms with Crippen molar-refractivity contribution in [1.82, 2.24) is 51.4 Å². The number of halogens is 4. The van der Waals surface area contributed by atoms with Gasteiger partial charge in [0.2, 0.25) is 11.7 Å². The number of hydrogen-bond acceptors (Lipinski definition) is 6. The minimum atomic E-state index is 0. The zero-order valence-corrected chi connectivity index (χ0v) is 92.7. The smallest absolute Gasteiger partial charge is 1.00 e. The molecule has 24 rings (SSSR count). The summed E-state index contributed by atoms with van der Waals surface area (Å²) in [6, 6.07) is 119. The van der Waals surface area contributed by atoms with Crippen molar-refractivity contribution in [3.63, 3.8) is 0 Å². The molecular weight excluding hydrogens is 2000 g/mol. The molecule has 0 radical (unpaired) electrons. The number of rotatable bonds is 12.